The van der Waals surface area contributed by atoms with Crippen LogP contribution in [0.5, 0.6) is 0 Å². The van der Waals surface area contributed by atoms with E-state index in [4.69, 9.17) is 5.73 Å². The van der Waals surface area contributed by atoms with Crippen molar-refractivity contribution in [3.8, 4) is 0 Å². The molecule has 0 bridgehead atoms. The first-order chi connectivity index (χ1) is 29.1. The number of carboxylic acids is 1. The molecule has 314 valence electrons. The standard InChI is InChI=1S/C52H55N3O5S.Na/c1-6-7-29-54-43-25-19-34-13-8-10-15-41(34)48(43)51(2,3)45(54)27-21-37-32-39(50(56)57)33-38(47(37)36-17-23-40(53)24-18-36)22-28-46-52(4,5)49-42-16-11-9-14-35(42)20-26-44(49)55(46)30-12-31-61(58,59)60;/h8-11,13-28,39,53H,6-7,12,29-33H2,1-5H3,(H2,56,57,58,59,60);/q;+1/b38-22+,46-28+;. The number of fused-ring (bicyclic) bond motifs is 6. The SMILES string of the molecule is CCCC[N+]1=C(/C=C/C2=C(c3ccc(N)cc3)C(=C/C=C3/N(CCCS(=O)(=O)[O-])c4ccc5ccccc5c4C3(C)C)/CC(C(=O)O)C2)C(C)(C)c2c1ccc1ccccc21.[Na+]. The number of carboxylic acid groups (broad SMARTS) is 1. The maximum atomic E-state index is 13.0. The first-order valence-electron chi connectivity index (χ1n) is 21.4. The van der Waals surface area contributed by atoms with E-state index in [1.54, 1.807) is 0 Å². The number of nitrogen functional groups attached to an aromatic ring is 1. The number of carbonyl (C=O) groups is 1. The molecule has 3 N–H and O–H groups in total. The van der Waals surface area contributed by atoms with Crippen molar-refractivity contribution in [2.45, 2.75) is 77.6 Å². The molecule has 0 spiro atoms. The summed E-state index contributed by atoms with van der Waals surface area (Å²) in [5.41, 5.74) is 16.5. The molecule has 10 heteroatoms. The van der Waals surface area contributed by atoms with Gasteiger partial charge in [-0.3, -0.25) is 4.79 Å². The van der Waals surface area contributed by atoms with Crippen LogP contribution in [0.4, 0.5) is 17.1 Å². The third-order valence-electron chi connectivity index (χ3n) is 13.0. The summed E-state index contributed by atoms with van der Waals surface area (Å²) in [7, 11) is -4.41. The molecule has 3 aliphatic rings. The van der Waals surface area contributed by atoms with Crippen LogP contribution < -0.4 is 40.2 Å². The number of unbranched alkanes of at least 4 members (excludes halogenated alkanes) is 1. The minimum Gasteiger partial charge on any atom is -0.748 e. The Hall–Kier alpha value is -4.77. The summed E-state index contributed by atoms with van der Waals surface area (Å²) in [4.78, 5) is 15.2. The zero-order valence-corrected chi connectivity index (χ0v) is 39.6. The molecule has 0 fully saturated rings. The van der Waals surface area contributed by atoms with Gasteiger partial charge in [0.25, 0.3) is 0 Å². The molecule has 2 aliphatic heterocycles. The number of hydrogen-bond acceptors (Lipinski definition) is 6. The van der Waals surface area contributed by atoms with E-state index >= 15 is 0 Å². The van der Waals surface area contributed by atoms with Gasteiger partial charge in [0.15, 0.2) is 5.71 Å². The van der Waals surface area contributed by atoms with Gasteiger partial charge >= 0.3 is 35.5 Å². The van der Waals surface area contributed by atoms with Crippen molar-refractivity contribution < 1.29 is 57.0 Å². The predicted molar refractivity (Wildman–Crippen MR) is 249 cm³/mol. The van der Waals surface area contributed by atoms with Crippen molar-refractivity contribution in [3.63, 3.8) is 0 Å². The normalized spacial score (nSPS) is 19.5. The third-order valence-corrected chi connectivity index (χ3v) is 13.8. The van der Waals surface area contributed by atoms with Crippen molar-refractivity contribution in [1.29, 1.82) is 0 Å². The number of aliphatic carboxylic acids is 1. The molecule has 8 nitrogen and oxygen atoms in total. The maximum Gasteiger partial charge on any atom is 1.00 e. The molecule has 1 atom stereocenters. The van der Waals surface area contributed by atoms with E-state index in [1.807, 2.05) is 36.4 Å². The Morgan fingerprint density at radius 2 is 1.48 bits per heavy atom. The zero-order valence-electron chi connectivity index (χ0n) is 36.7. The second-order valence-corrected chi connectivity index (χ2v) is 19.3. The summed E-state index contributed by atoms with van der Waals surface area (Å²) < 4.78 is 37.7. The van der Waals surface area contributed by atoms with Gasteiger partial charge in [0.1, 0.15) is 6.54 Å². The summed E-state index contributed by atoms with van der Waals surface area (Å²) in [5.74, 6) is -1.97. The number of nitrogens with two attached hydrogens (primary N) is 1. The van der Waals surface area contributed by atoms with Gasteiger partial charge in [-0.2, -0.15) is 4.58 Å². The Bertz CT molecular complexity index is 2850. The van der Waals surface area contributed by atoms with Gasteiger partial charge in [0, 0.05) is 58.9 Å². The Balaban J connectivity index is 0.00000578. The fourth-order valence-corrected chi connectivity index (χ4v) is 10.6. The number of hydrogen-bond donors (Lipinski definition) is 2. The van der Waals surface area contributed by atoms with Crippen LogP contribution in [0.2, 0.25) is 0 Å². The number of rotatable bonds is 12. The van der Waals surface area contributed by atoms with Crippen LogP contribution in [-0.2, 0) is 25.7 Å². The first kappa shape index (κ1) is 45.3. The summed E-state index contributed by atoms with van der Waals surface area (Å²) in [6.45, 7) is 12.3. The topological polar surface area (TPSA) is 127 Å². The van der Waals surface area contributed by atoms with E-state index in [1.165, 1.54) is 27.7 Å². The molecule has 8 rings (SSSR count). The molecular formula is C52H55N3NaO5S+. The van der Waals surface area contributed by atoms with Gasteiger partial charge < -0.3 is 20.3 Å². The number of nitrogens with zero attached hydrogens (tertiary/aromatic N) is 2. The Labute approximate surface area is 388 Å². The number of allylic oxidation sites excluding steroid dienone is 8. The molecule has 0 radical (unpaired) electrons. The van der Waals surface area contributed by atoms with Crippen LogP contribution in [0, 0.1) is 5.92 Å². The van der Waals surface area contributed by atoms with Gasteiger partial charge in [0.2, 0.25) is 5.69 Å². The van der Waals surface area contributed by atoms with E-state index in [2.05, 4.69) is 129 Å². The molecule has 5 aromatic carbocycles. The van der Waals surface area contributed by atoms with E-state index in [0.717, 1.165) is 69.4 Å². The largest absolute Gasteiger partial charge is 1.00 e. The minimum absolute atomic E-state index is 0. The second kappa shape index (κ2) is 17.8. The average Bonchev–Trinajstić information content (AvgIpc) is 3.58. The second-order valence-electron chi connectivity index (χ2n) is 17.8. The molecule has 1 aliphatic carbocycles. The van der Waals surface area contributed by atoms with E-state index < -0.39 is 33.2 Å². The van der Waals surface area contributed by atoms with Crippen molar-refractivity contribution in [2.75, 3.05) is 29.5 Å². The van der Waals surface area contributed by atoms with Crippen molar-refractivity contribution in [2.24, 2.45) is 5.92 Å². The van der Waals surface area contributed by atoms with Crippen LogP contribution in [0.1, 0.15) is 83.4 Å². The molecular weight excluding hydrogens is 802 g/mol. The monoisotopic (exact) mass is 856 g/mol. The number of benzene rings is 5. The van der Waals surface area contributed by atoms with Crippen molar-refractivity contribution in [3.05, 3.63) is 155 Å². The predicted octanol–water partition coefficient (Wildman–Crippen LogP) is 7.80. The fourth-order valence-electron chi connectivity index (χ4n) is 10.1. The average molecular weight is 857 g/mol. The van der Waals surface area contributed by atoms with Crippen molar-refractivity contribution in [1.82, 2.24) is 0 Å². The summed E-state index contributed by atoms with van der Waals surface area (Å²) in [5, 5.41) is 15.3. The first-order valence-corrected chi connectivity index (χ1v) is 23.0. The third kappa shape index (κ3) is 8.50. The summed E-state index contributed by atoms with van der Waals surface area (Å²) in [6, 6.07) is 33.2. The summed E-state index contributed by atoms with van der Waals surface area (Å²) >= 11 is 0. The quantitative estimate of drug-likeness (QED) is 0.0568. The van der Waals surface area contributed by atoms with Gasteiger partial charge in [-0.05, 0) is 113 Å². The molecule has 0 aromatic heterocycles. The molecule has 62 heavy (non-hydrogen) atoms. The van der Waals surface area contributed by atoms with E-state index in [9.17, 15) is 22.9 Å². The van der Waals surface area contributed by atoms with Gasteiger partial charge in [-0.1, -0.05) is 106 Å². The van der Waals surface area contributed by atoms with E-state index in [0.29, 0.717) is 25.1 Å². The smallest absolute Gasteiger partial charge is 0.748 e. The van der Waals surface area contributed by atoms with Gasteiger partial charge in [-0.25, -0.2) is 8.42 Å². The van der Waals surface area contributed by atoms with Crippen LogP contribution in [0.3, 0.4) is 0 Å². The molecule has 2 heterocycles. The van der Waals surface area contributed by atoms with Crippen LogP contribution in [0.15, 0.2) is 138 Å². The Morgan fingerprint density at radius 3 is 2.13 bits per heavy atom. The Kier molecular flexibility index (Phi) is 13.0. The molecule has 0 saturated carbocycles. The van der Waals surface area contributed by atoms with Crippen LogP contribution >= 0.6 is 0 Å². The zero-order chi connectivity index (χ0) is 43.3. The molecule has 0 saturated heterocycles. The fraction of sp³-hybridized carbons (Fsp3) is 0.308. The number of anilines is 2. The summed E-state index contributed by atoms with van der Waals surface area (Å²) in [6.07, 6.45) is 11.5. The molecule has 5 aromatic rings. The van der Waals surface area contributed by atoms with Gasteiger partial charge in [0.05, 0.1) is 21.5 Å². The van der Waals surface area contributed by atoms with Gasteiger partial charge in [-0.15, -0.1) is 0 Å². The minimum atomic E-state index is -4.41. The van der Waals surface area contributed by atoms with Crippen LogP contribution in [0.25, 0.3) is 27.1 Å². The molecule has 1 unspecified atom stereocenters. The molecule has 0 amide bonds. The van der Waals surface area contributed by atoms with Crippen molar-refractivity contribution >= 4 is 66.0 Å². The van der Waals surface area contributed by atoms with E-state index in [-0.39, 0.29) is 41.4 Å². The maximum absolute atomic E-state index is 13.0. The van der Waals surface area contributed by atoms with Crippen LogP contribution in [-0.4, -0.2) is 53.2 Å². The Morgan fingerprint density at radius 1 is 0.839 bits per heavy atom.